The van der Waals surface area contributed by atoms with Gasteiger partial charge in [0, 0.05) is 12.4 Å². The van der Waals surface area contributed by atoms with Gasteiger partial charge in [0.15, 0.2) is 0 Å². The molecule has 0 radical (unpaired) electrons. The lowest BCUT2D eigenvalue weighted by Gasteiger charge is -2.33. The maximum Gasteiger partial charge on any atom is 0.335 e. The van der Waals surface area contributed by atoms with E-state index in [0.29, 0.717) is 23.1 Å². The number of nitrogens with zero attached hydrogens (tertiary/aromatic N) is 3. The van der Waals surface area contributed by atoms with Crippen LogP contribution in [0.3, 0.4) is 0 Å². The molecule has 3 N–H and O–H groups in total. The summed E-state index contributed by atoms with van der Waals surface area (Å²) in [6.45, 7) is 2.01. The lowest BCUT2D eigenvalue weighted by atomic mass is 9.79. The highest BCUT2D eigenvalue weighted by atomic mass is 32.1. The number of aryl methyl sites for hydroxylation is 2. The number of hydrogen-bond acceptors (Lipinski definition) is 8. The lowest BCUT2D eigenvalue weighted by molar-refractivity contribution is 0.0607. The Hall–Kier alpha value is -3.92. The van der Waals surface area contributed by atoms with Crippen LogP contribution in [0.2, 0.25) is 0 Å². The molecule has 190 valence electrons. The van der Waals surface area contributed by atoms with Gasteiger partial charge >= 0.3 is 5.97 Å². The number of aromatic nitrogens is 3. The molecule has 0 spiro atoms. The summed E-state index contributed by atoms with van der Waals surface area (Å²) < 4.78 is 0. The van der Waals surface area contributed by atoms with E-state index in [1.807, 2.05) is 31.2 Å². The summed E-state index contributed by atoms with van der Waals surface area (Å²) in [5.74, 6) is 0.409. The van der Waals surface area contributed by atoms with Crippen molar-refractivity contribution in [2.45, 2.75) is 31.8 Å². The Labute approximate surface area is 227 Å². The lowest BCUT2D eigenvalue weighted by Crippen LogP contribution is -2.32. The van der Waals surface area contributed by atoms with Gasteiger partial charge in [-0.2, -0.15) is 11.3 Å². The van der Waals surface area contributed by atoms with Crippen LogP contribution >= 0.6 is 22.7 Å². The minimum atomic E-state index is -1.26. The predicted octanol–water partition coefficient (Wildman–Crippen LogP) is 6.65. The van der Waals surface area contributed by atoms with Gasteiger partial charge in [-0.25, -0.2) is 19.7 Å². The van der Waals surface area contributed by atoms with Crippen molar-refractivity contribution in [3.63, 3.8) is 0 Å². The molecule has 4 aromatic heterocycles. The first kappa shape index (κ1) is 24.4. The summed E-state index contributed by atoms with van der Waals surface area (Å²) in [6, 6.07) is 15.0. The molecule has 0 aliphatic heterocycles. The number of benzene rings is 1. The molecule has 0 amide bonds. The summed E-state index contributed by atoms with van der Waals surface area (Å²) in [7, 11) is 0. The van der Waals surface area contributed by atoms with Gasteiger partial charge in [0.1, 0.15) is 22.2 Å². The Bertz CT molecular complexity index is 1650. The first-order valence-electron chi connectivity index (χ1n) is 12.2. The fourth-order valence-electron chi connectivity index (χ4n) is 4.91. The fraction of sp³-hybridized carbons (Fsp3) is 0.172. The zero-order chi connectivity index (χ0) is 26.3. The number of carboxylic acid groups (broad SMARTS) is 1. The first-order valence-corrected chi connectivity index (χ1v) is 13.9. The molecular weight excluding hydrogens is 516 g/mol. The standard InChI is InChI=1S/C29H24N4O3S2/c1-17-11-23(32-26(12-17)33-25-14-18(6-9-30-25)21-7-10-37-16-21)24-15-31-28(38-24)29(36)8-2-3-19-13-20(27(34)35)4-5-22(19)29/h4-7,9-16,36H,2-3,8H2,1H3,(H,34,35)(H,30,32,33)/t29-/m0/s1. The quantitative estimate of drug-likeness (QED) is 0.221. The highest BCUT2D eigenvalue weighted by Gasteiger charge is 2.39. The van der Waals surface area contributed by atoms with Crippen LogP contribution in [-0.2, 0) is 12.0 Å². The predicted molar refractivity (Wildman–Crippen MR) is 150 cm³/mol. The van der Waals surface area contributed by atoms with E-state index in [9.17, 15) is 15.0 Å². The highest BCUT2D eigenvalue weighted by molar-refractivity contribution is 7.15. The second-order valence-electron chi connectivity index (χ2n) is 9.40. The van der Waals surface area contributed by atoms with Crippen LogP contribution < -0.4 is 5.32 Å². The second-order valence-corrected chi connectivity index (χ2v) is 11.2. The van der Waals surface area contributed by atoms with Gasteiger partial charge < -0.3 is 15.5 Å². The number of pyridine rings is 2. The number of rotatable bonds is 6. The van der Waals surface area contributed by atoms with Crippen LogP contribution in [0.15, 0.2) is 71.7 Å². The normalized spacial score (nSPS) is 16.7. The Morgan fingerprint density at radius 2 is 1.95 bits per heavy atom. The number of thiazole rings is 1. The summed E-state index contributed by atoms with van der Waals surface area (Å²) in [4.78, 5) is 26.2. The molecule has 1 aromatic carbocycles. The first-order chi connectivity index (χ1) is 18.4. The molecule has 0 saturated carbocycles. The molecule has 38 heavy (non-hydrogen) atoms. The van der Waals surface area contributed by atoms with Gasteiger partial charge in [-0.05, 0) is 107 Å². The number of carbonyl (C=O) groups is 1. The molecule has 1 atom stereocenters. The average Bonchev–Trinajstić information content (AvgIpc) is 3.62. The van der Waals surface area contributed by atoms with Crippen molar-refractivity contribution in [3.05, 3.63) is 98.9 Å². The topological polar surface area (TPSA) is 108 Å². The van der Waals surface area contributed by atoms with E-state index in [4.69, 9.17) is 4.98 Å². The molecular formula is C29H24N4O3S2. The third-order valence-electron chi connectivity index (χ3n) is 6.73. The average molecular weight is 541 g/mol. The molecule has 0 saturated heterocycles. The smallest absolute Gasteiger partial charge is 0.335 e. The fourth-order valence-corrected chi connectivity index (χ4v) is 6.58. The van der Waals surface area contributed by atoms with Crippen molar-refractivity contribution >= 4 is 40.3 Å². The van der Waals surface area contributed by atoms with Crippen LogP contribution in [0.25, 0.3) is 21.7 Å². The molecule has 4 heterocycles. The monoisotopic (exact) mass is 540 g/mol. The van der Waals surface area contributed by atoms with Crippen LogP contribution in [0.1, 0.15) is 44.9 Å². The molecule has 1 aliphatic rings. The van der Waals surface area contributed by atoms with E-state index in [-0.39, 0.29) is 5.56 Å². The zero-order valence-electron chi connectivity index (χ0n) is 20.5. The number of thiophene rings is 1. The number of anilines is 2. The summed E-state index contributed by atoms with van der Waals surface area (Å²) >= 11 is 3.06. The molecule has 0 fully saturated rings. The summed E-state index contributed by atoms with van der Waals surface area (Å²) in [5.41, 5.74) is 4.57. The Kier molecular flexibility index (Phi) is 6.27. The van der Waals surface area contributed by atoms with Gasteiger partial charge in [-0.3, -0.25) is 0 Å². The van der Waals surface area contributed by atoms with E-state index >= 15 is 0 Å². The number of nitrogens with one attached hydrogen (secondary N) is 1. The Morgan fingerprint density at radius 3 is 2.76 bits per heavy atom. The van der Waals surface area contributed by atoms with Gasteiger partial charge in [0.2, 0.25) is 0 Å². The van der Waals surface area contributed by atoms with Crippen molar-refractivity contribution < 1.29 is 15.0 Å². The minimum absolute atomic E-state index is 0.229. The van der Waals surface area contributed by atoms with E-state index in [1.54, 1.807) is 41.9 Å². The van der Waals surface area contributed by atoms with Crippen molar-refractivity contribution in [1.29, 1.82) is 0 Å². The number of aliphatic hydroxyl groups is 1. The zero-order valence-corrected chi connectivity index (χ0v) is 22.1. The van der Waals surface area contributed by atoms with E-state index in [2.05, 4.69) is 32.1 Å². The van der Waals surface area contributed by atoms with Crippen LogP contribution in [0, 0.1) is 6.92 Å². The molecule has 5 aromatic rings. The van der Waals surface area contributed by atoms with Crippen molar-refractivity contribution in [1.82, 2.24) is 15.0 Å². The number of carboxylic acids is 1. The molecule has 0 bridgehead atoms. The maximum atomic E-state index is 11.8. The Balaban J connectivity index is 1.30. The van der Waals surface area contributed by atoms with E-state index in [1.165, 1.54) is 11.3 Å². The van der Waals surface area contributed by atoms with Crippen LogP contribution in [0.5, 0.6) is 0 Å². The summed E-state index contributed by atoms with van der Waals surface area (Å²) in [5, 5.41) is 29.2. The van der Waals surface area contributed by atoms with Crippen LogP contribution in [-0.4, -0.2) is 31.1 Å². The Morgan fingerprint density at radius 1 is 1.05 bits per heavy atom. The third-order valence-corrected chi connectivity index (χ3v) is 8.59. The molecule has 6 rings (SSSR count). The summed E-state index contributed by atoms with van der Waals surface area (Å²) in [6.07, 6.45) is 5.53. The molecule has 0 unspecified atom stereocenters. The number of aromatic carboxylic acids is 1. The van der Waals surface area contributed by atoms with Crippen LogP contribution in [0.4, 0.5) is 11.6 Å². The number of hydrogen-bond donors (Lipinski definition) is 3. The largest absolute Gasteiger partial charge is 0.478 e. The molecule has 7 nitrogen and oxygen atoms in total. The van der Waals surface area contributed by atoms with Crippen molar-refractivity contribution in [3.8, 4) is 21.7 Å². The molecule has 9 heteroatoms. The SMILES string of the molecule is Cc1cc(Nc2cc(-c3ccsc3)ccn2)nc(-c2cnc([C@]3(O)CCCc4cc(C(=O)O)ccc43)s2)c1. The maximum absolute atomic E-state index is 11.8. The number of fused-ring (bicyclic) bond motifs is 1. The molecule has 1 aliphatic carbocycles. The minimum Gasteiger partial charge on any atom is -0.478 e. The third kappa shape index (κ3) is 4.60. The van der Waals surface area contributed by atoms with Crippen molar-refractivity contribution in [2.24, 2.45) is 0 Å². The highest BCUT2D eigenvalue weighted by Crippen LogP contribution is 2.43. The van der Waals surface area contributed by atoms with Gasteiger partial charge in [-0.15, -0.1) is 11.3 Å². The van der Waals surface area contributed by atoms with E-state index in [0.717, 1.165) is 51.2 Å². The van der Waals surface area contributed by atoms with Gasteiger partial charge in [0.05, 0.1) is 16.1 Å². The van der Waals surface area contributed by atoms with E-state index < -0.39 is 11.6 Å². The van der Waals surface area contributed by atoms with Gasteiger partial charge in [0.25, 0.3) is 0 Å². The van der Waals surface area contributed by atoms with Crippen molar-refractivity contribution in [2.75, 3.05) is 5.32 Å². The van der Waals surface area contributed by atoms with Gasteiger partial charge in [-0.1, -0.05) is 6.07 Å². The second kappa shape index (κ2) is 9.75.